The highest BCUT2D eigenvalue weighted by Crippen LogP contribution is 2.36. The number of hydrogen-bond acceptors (Lipinski definition) is 5. The Hall–Kier alpha value is -2.05. The summed E-state index contributed by atoms with van der Waals surface area (Å²) < 4.78 is 5.19. The highest BCUT2D eigenvalue weighted by molar-refractivity contribution is 8.00. The molecule has 2 rings (SSSR count). The minimum Gasteiger partial charge on any atom is -0.462 e. The number of thioether (sulfide) groups is 1. The standard InChI is InChI=1S/C19H21NO3S2/c1-4-10-24-12-16(21)20-18-17(19(22)23-5-2)15(11-25-18)14-8-6-13(3)7-9-14/h4,6-9,11H,1,5,10,12H2,2-3H3,(H,20,21). The van der Waals surface area contributed by atoms with Crippen LogP contribution in [0.5, 0.6) is 0 Å². The minimum atomic E-state index is -0.423. The fourth-order valence-corrected chi connectivity index (χ4v) is 3.71. The van der Waals surface area contributed by atoms with E-state index in [4.69, 9.17) is 4.74 Å². The SMILES string of the molecule is C=CCSCC(=O)Nc1scc(-c2ccc(C)cc2)c1C(=O)OCC. The van der Waals surface area contributed by atoms with Gasteiger partial charge in [-0.1, -0.05) is 35.9 Å². The van der Waals surface area contributed by atoms with E-state index in [9.17, 15) is 9.59 Å². The molecule has 0 aliphatic heterocycles. The average Bonchev–Trinajstić information content (AvgIpc) is 2.99. The number of carbonyl (C=O) groups is 2. The van der Waals surface area contributed by atoms with Gasteiger partial charge in [-0.2, -0.15) is 0 Å². The van der Waals surface area contributed by atoms with Gasteiger partial charge in [0.15, 0.2) is 0 Å². The van der Waals surface area contributed by atoms with Crippen molar-refractivity contribution in [2.24, 2.45) is 0 Å². The molecule has 6 heteroatoms. The van der Waals surface area contributed by atoms with Crippen molar-refractivity contribution in [1.82, 2.24) is 0 Å². The minimum absolute atomic E-state index is 0.144. The predicted octanol–water partition coefficient (Wildman–Crippen LogP) is 4.76. The maximum Gasteiger partial charge on any atom is 0.341 e. The molecule has 0 bridgehead atoms. The van der Waals surface area contributed by atoms with E-state index in [1.807, 2.05) is 36.6 Å². The van der Waals surface area contributed by atoms with E-state index >= 15 is 0 Å². The Bertz CT molecular complexity index is 751. The molecule has 0 spiro atoms. The van der Waals surface area contributed by atoms with Gasteiger partial charge in [0.2, 0.25) is 5.91 Å². The molecule has 2 aromatic rings. The summed E-state index contributed by atoms with van der Waals surface area (Å²) in [7, 11) is 0. The number of amides is 1. The van der Waals surface area contributed by atoms with Crippen LogP contribution in [0.15, 0.2) is 42.3 Å². The zero-order chi connectivity index (χ0) is 18.2. The predicted molar refractivity (Wildman–Crippen MR) is 107 cm³/mol. The van der Waals surface area contributed by atoms with Gasteiger partial charge in [-0.05, 0) is 19.4 Å². The van der Waals surface area contributed by atoms with Crippen LogP contribution in [0.25, 0.3) is 11.1 Å². The molecule has 4 nitrogen and oxygen atoms in total. The van der Waals surface area contributed by atoms with E-state index < -0.39 is 5.97 Å². The number of rotatable bonds is 8. The Balaban J connectivity index is 2.30. The van der Waals surface area contributed by atoms with Gasteiger partial charge >= 0.3 is 5.97 Å². The topological polar surface area (TPSA) is 55.4 Å². The third-order valence-corrected chi connectivity index (χ3v) is 5.19. The molecule has 0 fully saturated rings. The summed E-state index contributed by atoms with van der Waals surface area (Å²) in [6.45, 7) is 7.69. The average molecular weight is 376 g/mol. The smallest absolute Gasteiger partial charge is 0.341 e. The van der Waals surface area contributed by atoms with Crippen molar-refractivity contribution in [2.75, 3.05) is 23.4 Å². The second-order valence-corrected chi connectivity index (χ2v) is 7.20. The number of carbonyl (C=O) groups excluding carboxylic acids is 2. The van der Waals surface area contributed by atoms with Crippen molar-refractivity contribution in [3.05, 3.63) is 53.4 Å². The summed E-state index contributed by atoms with van der Waals surface area (Å²) >= 11 is 2.80. The van der Waals surface area contributed by atoms with E-state index in [-0.39, 0.29) is 12.5 Å². The lowest BCUT2D eigenvalue weighted by molar-refractivity contribution is -0.113. The molecular formula is C19H21NO3S2. The summed E-state index contributed by atoms with van der Waals surface area (Å²) in [5.41, 5.74) is 3.26. The van der Waals surface area contributed by atoms with Gasteiger partial charge in [-0.3, -0.25) is 4.79 Å². The molecular weight excluding hydrogens is 354 g/mol. The summed E-state index contributed by atoms with van der Waals surface area (Å²) in [5.74, 6) is 0.451. The Labute approximate surface area is 156 Å². The van der Waals surface area contributed by atoms with Crippen LogP contribution in [-0.2, 0) is 9.53 Å². The number of thiophene rings is 1. The largest absolute Gasteiger partial charge is 0.462 e. The van der Waals surface area contributed by atoms with Gasteiger partial charge in [0, 0.05) is 16.7 Å². The first-order valence-electron chi connectivity index (χ1n) is 7.91. The van der Waals surface area contributed by atoms with Gasteiger partial charge < -0.3 is 10.1 Å². The first-order chi connectivity index (χ1) is 12.1. The molecule has 0 saturated carbocycles. The molecule has 1 heterocycles. The first-order valence-corrected chi connectivity index (χ1v) is 9.94. The van der Waals surface area contributed by atoms with E-state index in [1.54, 1.807) is 13.0 Å². The van der Waals surface area contributed by atoms with E-state index in [2.05, 4.69) is 11.9 Å². The van der Waals surface area contributed by atoms with Crippen LogP contribution in [0.2, 0.25) is 0 Å². The number of benzene rings is 1. The van der Waals surface area contributed by atoms with Gasteiger partial charge in [0.05, 0.1) is 12.4 Å². The monoisotopic (exact) mass is 375 g/mol. The second kappa shape index (κ2) is 9.44. The summed E-state index contributed by atoms with van der Waals surface area (Å²) in [6, 6.07) is 7.91. The molecule has 1 aromatic heterocycles. The van der Waals surface area contributed by atoms with Crippen molar-refractivity contribution < 1.29 is 14.3 Å². The highest BCUT2D eigenvalue weighted by atomic mass is 32.2. The first kappa shape index (κ1) is 19.3. The number of nitrogens with one attached hydrogen (secondary N) is 1. The van der Waals surface area contributed by atoms with Crippen LogP contribution in [-0.4, -0.2) is 30.0 Å². The molecule has 0 unspecified atom stereocenters. The highest BCUT2D eigenvalue weighted by Gasteiger charge is 2.22. The van der Waals surface area contributed by atoms with Crippen LogP contribution in [0, 0.1) is 6.92 Å². The Morgan fingerprint density at radius 1 is 1.32 bits per heavy atom. The number of ether oxygens (including phenoxy) is 1. The Kier molecular flexibility index (Phi) is 7.28. The fraction of sp³-hybridized carbons (Fsp3) is 0.263. The van der Waals surface area contributed by atoms with Crippen molar-refractivity contribution in [2.45, 2.75) is 13.8 Å². The molecule has 0 radical (unpaired) electrons. The summed E-state index contributed by atoms with van der Waals surface area (Å²) in [6.07, 6.45) is 1.75. The molecule has 132 valence electrons. The lowest BCUT2D eigenvalue weighted by atomic mass is 10.0. The van der Waals surface area contributed by atoms with Crippen LogP contribution in [0.1, 0.15) is 22.8 Å². The quantitative estimate of drug-likeness (QED) is 0.411. The summed E-state index contributed by atoms with van der Waals surface area (Å²) in [5, 5.41) is 5.24. The maximum atomic E-state index is 12.4. The molecule has 0 atom stereocenters. The van der Waals surface area contributed by atoms with Crippen molar-refractivity contribution in [1.29, 1.82) is 0 Å². The number of anilines is 1. The second-order valence-electron chi connectivity index (χ2n) is 5.29. The maximum absolute atomic E-state index is 12.4. The van der Waals surface area contributed by atoms with Crippen LogP contribution in [0.4, 0.5) is 5.00 Å². The third kappa shape index (κ3) is 5.21. The third-order valence-electron chi connectivity index (χ3n) is 3.35. The summed E-state index contributed by atoms with van der Waals surface area (Å²) in [4.78, 5) is 24.5. The van der Waals surface area contributed by atoms with E-state index in [0.29, 0.717) is 22.1 Å². The lowest BCUT2D eigenvalue weighted by Gasteiger charge is -2.09. The molecule has 0 aliphatic rings. The Morgan fingerprint density at radius 2 is 2.04 bits per heavy atom. The van der Waals surface area contributed by atoms with Crippen LogP contribution >= 0.6 is 23.1 Å². The zero-order valence-electron chi connectivity index (χ0n) is 14.3. The van der Waals surface area contributed by atoms with Gasteiger partial charge in [0.1, 0.15) is 10.6 Å². The van der Waals surface area contributed by atoms with E-state index in [0.717, 1.165) is 16.7 Å². The lowest BCUT2D eigenvalue weighted by Crippen LogP contribution is -2.16. The number of aryl methyl sites for hydroxylation is 1. The van der Waals surface area contributed by atoms with Crippen molar-refractivity contribution >= 4 is 40.0 Å². The van der Waals surface area contributed by atoms with Crippen molar-refractivity contribution in [3.63, 3.8) is 0 Å². The molecule has 25 heavy (non-hydrogen) atoms. The molecule has 1 aromatic carbocycles. The molecule has 0 aliphatic carbocycles. The van der Waals surface area contributed by atoms with Crippen molar-refractivity contribution in [3.8, 4) is 11.1 Å². The van der Waals surface area contributed by atoms with Gasteiger partial charge in [0.25, 0.3) is 0 Å². The number of hydrogen-bond donors (Lipinski definition) is 1. The van der Waals surface area contributed by atoms with E-state index in [1.165, 1.54) is 23.1 Å². The van der Waals surface area contributed by atoms with Gasteiger partial charge in [-0.15, -0.1) is 29.7 Å². The zero-order valence-corrected chi connectivity index (χ0v) is 16.0. The molecule has 1 N–H and O–H groups in total. The van der Waals surface area contributed by atoms with Crippen LogP contribution in [0.3, 0.4) is 0 Å². The fourth-order valence-electron chi connectivity index (χ4n) is 2.20. The molecule has 0 saturated heterocycles. The number of esters is 1. The Morgan fingerprint density at radius 3 is 2.68 bits per heavy atom. The molecule has 1 amide bonds. The normalized spacial score (nSPS) is 10.3. The van der Waals surface area contributed by atoms with Crippen LogP contribution < -0.4 is 5.32 Å². The van der Waals surface area contributed by atoms with Gasteiger partial charge in [-0.25, -0.2) is 4.79 Å².